The second-order valence-corrected chi connectivity index (χ2v) is 7.59. The van der Waals surface area contributed by atoms with Crippen molar-refractivity contribution in [3.63, 3.8) is 0 Å². The molecule has 3 aromatic rings. The molecule has 5 nitrogen and oxygen atoms in total. The van der Waals surface area contributed by atoms with E-state index in [4.69, 9.17) is 0 Å². The third kappa shape index (κ3) is 3.03. The number of rotatable bonds is 3. The predicted octanol–water partition coefficient (Wildman–Crippen LogP) is 4.64. The third-order valence-electron chi connectivity index (χ3n) is 4.83. The van der Waals surface area contributed by atoms with Crippen molar-refractivity contribution >= 4 is 26.8 Å². The van der Waals surface area contributed by atoms with Crippen LogP contribution in [0.15, 0.2) is 82.3 Å². The zero-order valence-electron chi connectivity index (χ0n) is 15.1. The van der Waals surface area contributed by atoms with Crippen molar-refractivity contribution in [2.45, 2.75) is 6.54 Å². The maximum Gasteiger partial charge on any atom is 0.282 e. The topological polar surface area (TPSA) is 52.7 Å². The van der Waals surface area contributed by atoms with Crippen molar-refractivity contribution in [3.8, 4) is 16.9 Å². The predicted molar refractivity (Wildman–Crippen MR) is 113 cm³/mol. The summed E-state index contributed by atoms with van der Waals surface area (Å²) >= 11 is 3.39. The molecule has 2 aliphatic rings. The molecule has 3 heterocycles. The van der Waals surface area contributed by atoms with Crippen LogP contribution < -0.4 is 5.56 Å². The summed E-state index contributed by atoms with van der Waals surface area (Å²) in [6.45, 7) is 0.494. The van der Waals surface area contributed by atoms with Crippen molar-refractivity contribution in [1.29, 1.82) is 0 Å². The number of halogens is 2. The minimum atomic E-state index is -0.492. The van der Waals surface area contributed by atoms with Gasteiger partial charge in [0.25, 0.3) is 5.56 Å². The van der Waals surface area contributed by atoms with Crippen LogP contribution in [0.25, 0.3) is 27.8 Å². The standard InChI is InChI=1S/C22H14BrFN4O/c23-14-9-10-15(25-11-14)12-27-13-17-21(16-5-1-3-7-19(16)27)26-28(22(17)29)20-8-4-2-6-18(20)24/h1-11,13H,12H2. The lowest BCUT2D eigenvalue weighted by Gasteiger charge is -2.13. The van der Waals surface area contributed by atoms with Crippen LogP contribution in [-0.2, 0) is 6.54 Å². The van der Waals surface area contributed by atoms with E-state index >= 15 is 0 Å². The van der Waals surface area contributed by atoms with E-state index in [-0.39, 0.29) is 11.2 Å². The Balaban J connectivity index is 1.76. The summed E-state index contributed by atoms with van der Waals surface area (Å²) in [5.74, 6) is -0.492. The molecule has 142 valence electrons. The summed E-state index contributed by atoms with van der Waals surface area (Å²) in [5.41, 5.74) is 2.55. The van der Waals surface area contributed by atoms with Crippen molar-refractivity contribution in [1.82, 2.24) is 19.3 Å². The molecule has 0 atom stereocenters. The van der Waals surface area contributed by atoms with E-state index in [2.05, 4.69) is 26.0 Å². The van der Waals surface area contributed by atoms with E-state index in [0.717, 1.165) is 25.8 Å². The summed E-state index contributed by atoms with van der Waals surface area (Å²) in [6.07, 6.45) is 3.51. The van der Waals surface area contributed by atoms with Gasteiger partial charge in [0.1, 0.15) is 17.2 Å². The lowest BCUT2D eigenvalue weighted by molar-refractivity contribution is 0.609. The van der Waals surface area contributed by atoms with E-state index in [0.29, 0.717) is 17.8 Å². The SMILES string of the molecule is O=c1c2cn(Cc3ccc(Br)cn3)c3ccccc3c-2nn1-c1ccccc1F. The van der Waals surface area contributed by atoms with Crippen molar-refractivity contribution in [3.05, 3.63) is 99.4 Å². The van der Waals surface area contributed by atoms with Gasteiger partial charge in [0.15, 0.2) is 0 Å². The molecule has 0 radical (unpaired) electrons. The minimum absolute atomic E-state index is 0.138. The first-order valence-electron chi connectivity index (χ1n) is 8.98. The molecule has 2 aromatic carbocycles. The molecule has 0 bridgehead atoms. The van der Waals surface area contributed by atoms with Crippen LogP contribution in [0.5, 0.6) is 0 Å². The molecule has 0 amide bonds. The largest absolute Gasteiger partial charge is 0.341 e. The number of nitrogens with zero attached hydrogens (tertiary/aromatic N) is 4. The summed E-state index contributed by atoms with van der Waals surface area (Å²) in [4.78, 5) is 17.5. The van der Waals surface area contributed by atoms with E-state index < -0.39 is 5.82 Å². The van der Waals surface area contributed by atoms with Gasteiger partial charge in [0.05, 0.1) is 23.3 Å². The van der Waals surface area contributed by atoms with Crippen LogP contribution >= 0.6 is 15.9 Å². The number of benzene rings is 2. The second-order valence-electron chi connectivity index (χ2n) is 6.67. The molecule has 1 aromatic heterocycles. The minimum Gasteiger partial charge on any atom is -0.341 e. The van der Waals surface area contributed by atoms with Crippen LogP contribution in [0, 0.1) is 5.82 Å². The number of hydrogen-bond acceptors (Lipinski definition) is 3. The molecule has 0 N–H and O–H groups in total. The van der Waals surface area contributed by atoms with Crippen LogP contribution in [-0.4, -0.2) is 19.3 Å². The Bertz CT molecular complexity index is 1370. The van der Waals surface area contributed by atoms with Crippen LogP contribution in [0.1, 0.15) is 5.69 Å². The smallest absolute Gasteiger partial charge is 0.282 e. The van der Waals surface area contributed by atoms with Gasteiger partial charge in [0.2, 0.25) is 0 Å². The third-order valence-corrected chi connectivity index (χ3v) is 5.30. The summed E-state index contributed by atoms with van der Waals surface area (Å²) in [7, 11) is 0. The fraction of sp³-hybridized carbons (Fsp3) is 0.0455. The van der Waals surface area contributed by atoms with Gasteiger partial charge in [-0.15, -0.1) is 0 Å². The number of para-hydroxylation sites is 2. The van der Waals surface area contributed by atoms with E-state index in [9.17, 15) is 9.18 Å². The molecule has 0 unspecified atom stereocenters. The Labute approximate surface area is 173 Å². The van der Waals surface area contributed by atoms with Crippen LogP contribution in [0.3, 0.4) is 0 Å². The molecular weight excluding hydrogens is 435 g/mol. The summed E-state index contributed by atoms with van der Waals surface area (Å²) in [5, 5.41) is 5.29. The zero-order chi connectivity index (χ0) is 20.0. The quantitative estimate of drug-likeness (QED) is 0.404. The highest BCUT2D eigenvalue weighted by Gasteiger charge is 2.22. The molecule has 7 heteroatoms. The van der Waals surface area contributed by atoms with Gasteiger partial charge in [0, 0.05) is 22.3 Å². The molecule has 0 spiro atoms. The van der Waals surface area contributed by atoms with Gasteiger partial charge >= 0.3 is 0 Å². The van der Waals surface area contributed by atoms with Gasteiger partial charge in [-0.25, -0.2) is 4.39 Å². The Morgan fingerprint density at radius 2 is 1.79 bits per heavy atom. The average Bonchev–Trinajstić information content (AvgIpc) is 3.07. The van der Waals surface area contributed by atoms with Gasteiger partial charge in [-0.1, -0.05) is 30.3 Å². The molecule has 0 fully saturated rings. The second kappa shape index (κ2) is 6.93. The fourth-order valence-electron chi connectivity index (χ4n) is 3.47. The number of hydrogen-bond donors (Lipinski definition) is 0. The summed E-state index contributed by atoms with van der Waals surface area (Å²) in [6, 6.07) is 17.7. The van der Waals surface area contributed by atoms with E-state index in [1.165, 1.54) is 6.07 Å². The van der Waals surface area contributed by atoms with Gasteiger partial charge in [-0.05, 0) is 46.3 Å². The lowest BCUT2D eigenvalue weighted by Crippen LogP contribution is -2.16. The van der Waals surface area contributed by atoms with Crippen LogP contribution in [0.4, 0.5) is 4.39 Å². The van der Waals surface area contributed by atoms with E-state index in [1.54, 1.807) is 30.6 Å². The Morgan fingerprint density at radius 1 is 1.00 bits per heavy atom. The monoisotopic (exact) mass is 448 g/mol. The maximum atomic E-state index is 14.3. The Morgan fingerprint density at radius 3 is 2.59 bits per heavy atom. The first-order valence-corrected chi connectivity index (χ1v) is 9.77. The normalized spacial score (nSPS) is 11.4. The van der Waals surface area contributed by atoms with Crippen molar-refractivity contribution in [2.75, 3.05) is 0 Å². The van der Waals surface area contributed by atoms with Gasteiger partial charge in [-0.3, -0.25) is 9.78 Å². The highest BCUT2D eigenvalue weighted by Crippen LogP contribution is 2.28. The molecule has 5 rings (SSSR count). The Hall–Kier alpha value is -3.32. The molecule has 0 aliphatic carbocycles. The number of fused-ring (bicyclic) bond motifs is 3. The fourth-order valence-corrected chi connectivity index (χ4v) is 3.71. The van der Waals surface area contributed by atoms with Crippen molar-refractivity contribution in [2.24, 2.45) is 0 Å². The average molecular weight is 449 g/mol. The van der Waals surface area contributed by atoms with E-state index in [1.807, 2.05) is 41.0 Å². The molecule has 2 aliphatic heterocycles. The highest BCUT2D eigenvalue weighted by molar-refractivity contribution is 9.10. The van der Waals surface area contributed by atoms with Gasteiger partial charge < -0.3 is 4.57 Å². The van der Waals surface area contributed by atoms with Crippen LogP contribution in [0.2, 0.25) is 0 Å². The highest BCUT2D eigenvalue weighted by atomic mass is 79.9. The number of pyridine rings is 2. The Kier molecular flexibility index (Phi) is 4.24. The van der Waals surface area contributed by atoms with Crippen molar-refractivity contribution < 1.29 is 4.39 Å². The lowest BCUT2D eigenvalue weighted by atomic mass is 10.1. The molecule has 29 heavy (non-hydrogen) atoms. The first-order chi connectivity index (χ1) is 14.1. The summed E-state index contributed by atoms with van der Waals surface area (Å²) < 4.78 is 18.3. The molecule has 0 saturated carbocycles. The zero-order valence-corrected chi connectivity index (χ0v) is 16.7. The molecular formula is C22H14BrFN4O. The van der Waals surface area contributed by atoms with Gasteiger partial charge in [-0.2, -0.15) is 9.78 Å². The first kappa shape index (κ1) is 17.8. The number of aromatic nitrogens is 4. The maximum absolute atomic E-state index is 14.3. The molecule has 0 saturated heterocycles.